The van der Waals surface area contributed by atoms with Gasteiger partial charge in [-0.1, -0.05) is 6.07 Å². The van der Waals surface area contributed by atoms with Gasteiger partial charge in [-0.05, 0) is 31.0 Å². The van der Waals surface area contributed by atoms with E-state index in [9.17, 15) is 8.42 Å². The van der Waals surface area contributed by atoms with Crippen molar-refractivity contribution in [1.29, 1.82) is 0 Å². The highest BCUT2D eigenvalue weighted by Gasteiger charge is 2.14. The summed E-state index contributed by atoms with van der Waals surface area (Å²) in [6.45, 7) is 3.63. The number of nitrogens with two attached hydrogens (primary N) is 1. The average Bonchev–Trinajstić information content (AvgIpc) is 1.78. The van der Waals surface area contributed by atoms with Gasteiger partial charge in [0.2, 0.25) is 0 Å². The number of rotatable bonds is 1. The molecule has 0 saturated carbocycles. The highest BCUT2D eigenvalue weighted by atomic mass is 32.2. The van der Waals surface area contributed by atoms with E-state index in [4.69, 9.17) is 5.73 Å². The predicted molar refractivity (Wildman–Crippen MR) is 53.4 cm³/mol. The Kier molecular flexibility index (Phi) is 2.34. The van der Waals surface area contributed by atoms with Gasteiger partial charge in [0, 0.05) is 6.26 Å². The summed E-state index contributed by atoms with van der Waals surface area (Å²) in [5, 5.41) is 0. The fourth-order valence-electron chi connectivity index (χ4n) is 1.49. The number of hydrogen-bond acceptors (Lipinski definition) is 3. The van der Waals surface area contributed by atoms with Crippen LogP contribution in [0.1, 0.15) is 11.1 Å². The lowest BCUT2D eigenvalue weighted by molar-refractivity contribution is 0.601. The first-order chi connectivity index (χ1) is 5.82. The highest BCUT2D eigenvalue weighted by Crippen LogP contribution is 2.23. The van der Waals surface area contributed by atoms with Crippen LogP contribution in [0.4, 0.5) is 5.69 Å². The van der Waals surface area contributed by atoms with E-state index in [1.807, 2.05) is 13.0 Å². The van der Waals surface area contributed by atoms with Crippen molar-refractivity contribution >= 4 is 15.5 Å². The van der Waals surface area contributed by atoms with Crippen molar-refractivity contribution < 1.29 is 8.42 Å². The zero-order chi connectivity index (χ0) is 10.2. The molecule has 13 heavy (non-hydrogen) atoms. The highest BCUT2D eigenvalue weighted by molar-refractivity contribution is 7.91. The minimum atomic E-state index is -3.21. The summed E-state index contributed by atoms with van der Waals surface area (Å²) in [7, 11) is -3.21. The summed E-state index contributed by atoms with van der Waals surface area (Å²) < 4.78 is 22.6. The first-order valence-electron chi connectivity index (χ1n) is 3.89. The van der Waals surface area contributed by atoms with E-state index >= 15 is 0 Å². The fraction of sp³-hybridized carbons (Fsp3) is 0.333. The van der Waals surface area contributed by atoms with Crippen LogP contribution in [-0.4, -0.2) is 14.7 Å². The molecule has 1 aromatic rings. The van der Waals surface area contributed by atoms with Crippen molar-refractivity contribution in [2.24, 2.45) is 0 Å². The lowest BCUT2D eigenvalue weighted by atomic mass is 10.1. The average molecular weight is 199 g/mol. The van der Waals surface area contributed by atoms with Crippen LogP contribution in [0, 0.1) is 13.8 Å². The van der Waals surface area contributed by atoms with E-state index in [2.05, 4.69) is 0 Å². The maximum atomic E-state index is 11.3. The summed E-state index contributed by atoms with van der Waals surface area (Å²) >= 11 is 0. The molecule has 1 aromatic carbocycles. The summed E-state index contributed by atoms with van der Waals surface area (Å²) in [5.41, 5.74) is 7.65. The number of aryl methyl sites for hydroxylation is 2. The third kappa shape index (κ3) is 2.01. The summed E-state index contributed by atoms with van der Waals surface area (Å²) in [5.74, 6) is 0. The van der Waals surface area contributed by atoms with E-state index in [1.165, 1.54) is 6.26 Å². The van der Waals surface area contributed by atoms with Crippen molar-refractivity contribution in [3.8, 4) is 0 Å². The van der Waals surface area contributed by atoms with Gasteiger partial charge in [0.1, 0.15) is 0 Å². The zero-order valence-electron chi connectivity index (χ0n) is 7.96. The monoisotopic (exact) mass is 199 g/mol. The van der Waals surface area contributed by atoms with Crippen LogP contribution in [0.15, 0.2) is 17.0 Å². The Morgan fingerprint density at radius 2 is 1.77 bits per heavy atom. The van der Waals surface area contributed by atoms with Gasteiger partial charge in [-0.15, -0.1) is 0 Å². The lowest BCUT2D eigenvalue weighted by Gasteiger charge is -2.08. The smallest absolute Gasteiger partial charge is 0.177 e. The number of benzene rings is 1. The van der Waals surface area contributed by atoms with Crippen molar-refractivity contribution in [3.63, 3.8) is 0 Å². The fourth-order valence-corrected chi connectivity index (χ4v) is 2.62. The molecule has 3 nitrogen and oxygen atoms in total. The van der Waals surface area contributed by atoms with Gasteiger partial charge in [0.05, 0.1) is 10.6 Å². The predicted octanol–water partition coefficient (Wildman–Crippen LogP) is 1.29. The van der Waals surface area contributed by atoms with Gasteiger partial charge in [0.25, 0.3) is 0 Å². The molecule has 0 aliphatic rings. The molecule has 72 valence electrons. The van der Waals surface area contributed by atoms with Crippen LogP contribution in [-0.2, 0) is 9.84 Å². The molecule has 0 aromatic heterocycles. The molecule has 0 bridgehead atoms. The van der Waals surface area contributed by atoms with Gasteiger partial charge in [-0.2, -0.15) is 0 Å². The van der Waals surface area contributed by atoms with Gasteiger partial charge < -0.3 is 5.73 Å². The van der Waals surface area contributed by atoms with Gasteiger partial charge in [-0.3, -0.25) is 0 Å². The Labute approximate surface area is 78.5 Å². The van der Waals surface area contributed by atoms with Crippen LogP contribution >= 0.6 is 0 Å². The maximum Gasteiger partial charge on any atom is 0.177 e. The van der Waals surface area contributed by atoms with Crippen molar-refractivity contribution in [2.45, 2.75) is 18.7 Å². The van der Waals surface area contributed by atoms with Crippen LogP contribution < -0.4 is 5.73 Å². The maximum absolute atomic E-state index is 11.3. The number of anilines is 1. The SMILES string of the molecule is Cc1cc(C)c(S(C)(=O)=O)c(N)c1. The van der Waals surface area contributed by atoms with E-state index in [-0.39, 0.29) is 4.90 Å². The molecule has 0 heterocycles. The molecule has 0 fully saturated rings. The molecule has 0 unspecified atom stereocenters. The van der Waals surface area contributed by atoms with E-state index in [0.29, 0.717) is 11.3 Å². The van der Waals surface area contributed by atoms with Crippen LogP contribution in [0.25, 0.3) is 0 Å². The summed E-state index contributed by atoms with van der Waals surface area (Å²) in [4.78, 5) is 0.248. The van der Waals surface area contributed by atoms with Gasteiger partial charge in [-0.25, -0.2) is 8.42 Å². The molecule has 0 atom stereocenters. The lowest BCUT2D eigenvalue weighted by Crippen LogP contribution is -2.05. The Bertz CT molecular complexity index is 412. The van der Waals surface area contributed by atoms with Crippen LogP contribution in [0.5, 0.6) is 0 Å². The van der Waals surface area contributed by atoms with E-state index in [0.717, 1.165) is 5.56 Å². The first kappa shape index (κ1) is 10.1. The van der Waals surface area contributed by atoms with Crippen molar-refractivity contribution in [1.82, 2.24) is 0 Å². The first-order valence-corrected chi connectivity index (χ1v) is 5.78. The Hall–Kier alpha value is -1.03. The third-order valence-corrected chi connectivity index (χ3v) is 3.12. The van der Waals surface area contributed by atoms with Gasteiger partial charge in [0.15, 0.2) is 9.84 Å². The second-order valence-electron chi connectivity index (χ2n) is 3.27. The zero-order valence-corrected chi connectivity index (χ0v) is 8.77. The second kappa shape index (κ2) is 3.03. The minimum Gasteiger partial charge on any atom is -0.398 e. The van der Waals surface area contributed by atoms with E-state index in [1.54, 1.807) is 13.0 Å². The molecule has 0 aliphatic heterocycles. The van der Waals surface area contributed by atoms with Crippen molar-refractivity contribution in [3.05, 3.63) is 23.3 Å². The molecule has 1 rings (SSSR count). The summed E-state index contributed by atoms with van der Waals surface area (Å²) in [6.07, 6.45) is 1.17. The molecule has 0 radical (unpaired) electrons. The number of hydrogen-bond donors (Lipinski definition) is 1. The Morgan fingerprint density at radius 3 is 2.15 bits per heavy atom. The molecular formula is C9H13NO2S. The standard InChI is InChI=1S/C9H13NO2S/c1-6-4-7(2)9(8(10)5-6)13(3,11)12/h4-5H,10H2,1-3H3. The molecule has 0 spiro atoms. The number of sulfone groups is 1. The molecule has 4 heteroatoms. The van der Waals surface area contributed by atoms with Crippen molar-refractivity contribution in [2.75, 3.05) is 12.0 Å². The normalized spacial score (nSPS) is 11.6. The third-order valence-electron chi connectivity index (χ3n) is 1.82. The molecule has 2 N–H and O–H groups in total. The quantitative estimate of drug-likeness (QED) is 0.693. The number of nitrogen functional groups attached to an aromatic ring is 1. The summed E-state index contributed by atoms with van der Waals surface area (Å²) in [6, 6.07) is 3.48. The Morgan fingerprint density at radius 1 is 1.23 bits per heavy atom. The molecule has 0 saturated heterocycles. The van der Waals surface area contributed by atoms with Gasteiger partial charge >= 0.3 is 0 Å². The second-order valence-corrected chi connectivity index (χ2v) is 5.22. The van der Waals surface area contributed by atoms with E-state index < -0.39 is 9.84 Å². The van der Waals surface area contributed by atoms with Crippen LogP contribution in [0.2, 0.25) is 0 Å². The topological polar surface area (TPSA) is 60.2 Å². The Balaban J connectivity index is 3.57. The minimum absolute atomic E-state index is 0.248. The van der Waals surface area contributed by atoms with Crippen LogP contribution in [0.3, 0.4) is 0 Å². The molecule has 0 aliphatic carbocycles. The molecule has 0 amide bonds. The largest absolute Gasteiger partial charge is 0.398 e. The molecular weight excluding hydrogens is 186 g/mol.